The van der Waals surface area contributed by atoms with Crippen LogP contribution in [0.4, 0.5) is 0 Å². The van der Waals surface area contributed by atoms with Crippen molar-refractivity contribution >= 4 is 27.7 Å². The predicted octanol–water partition coefficient (Wildman–Crippen LogP) is 3.07. The lowest BCUT2D eigenvalue weighted by atomic mass is 10.1. The number of rotatable bonds is 6. The SMILES string of the molecule is Cc1ccc(S(=O)(=O)N2CCN(C(=O)CSCc3ccccc3)CC2)cc1C. The van der Waals surface area contributed by atoms with Gasteiger partial charge in [0.05, 0.1) is 10.6 Å². The summed E-state index contributed by atoms with van der Waals surface area (Å²) >= 11 is 1.59. The molecule has 1 amide bonds. The fourth-order valence-corrected chi connectivity index (χ4v) is 5.52. The first kappa shape index (κ1) is 20.9. The number of sulfonamides is 1. The normalized spacial score (nSPS) is 15.6. The summed E-state index contributed by atoms with van der Waals surface area (Å²) < 4.78 is 27.2. The molecule has 0 unspecified atom stereocenters. The number of hydrogen-bond acceptors (Lipinski definition) is 4. The molecular weight excluding hydrogens is 392 g/mol. The van der Waals surface area contributed by atoms with Crippen LogP contribution in [-0.2, 0) is 20.6 Å². The first-order chi connectivity index (χ1) is 13.4. The fourth-order valence-electron chi connectivity index (χ4n) is 3.12. The molecule has 2 aromatic carbocycles. The topological polar surface area (TPSA) is 57.7 Å². The molecule has 150 valence electrons. The molecule has 1 aliphatic heterocycles. The summed E-state index contributed by atoms with van der Waals surface area (Å²) in [5.41, 5.74) is 3.23. The van der Waals surface area contributed by atoms with E-state index in [1.807, 2.05) is 50.2 Å². The number of piperazine rings is 1. The molecule has 0 saturated carbocycles. The van der Waals surface area contributed by atoms with Gasteiger partial charge in [-0.1, -0.05) is 36.4 Å². The molecule has 28 heavy (non-hydrogen) atoms. The van der Waals surface area contributed by atoms with Crippen molar-refractivity contribution in [1.82, 2.24) is 9.21 Å². The third kappa shape index (κ3) is 4.96. The van der Waals surface area contributed by atoms with E-state index in [4.69, 9.17) is 0 Å². The molecule has 1 saturated heterocycles. The molecular formula is C21H26N2O3S2. The third-order valence-electron chi connectivity index (χ3n) is 5.04. The lowest BCUT2D eigenvalue weighted by molar-refractivity contribution is -0.129. The Morgan fingerprint density at radius 2 is 1.64 bits per heavy atom. The summed E-state index contributed by atoms with van der Waals surface area (Å²) in [6.45, 7) is 5.43. The van der Waals surface area contributed by atoms with Crippen LogP contribution in [0.25, 0.3) is 0 Å². The molecule has 1 heterocycles. The molecule has 0 atom stereocenters. The third-order valence-corrected chi connectivity index (χ3v) is 7.93. The van der Waals surface area contributed by atoms with Crippen molar-refractivity contribution < 1.29 is 13.2 Å². The van der Waals surface area contributed by atoms with E-state index in [0.29, 0.717) is 36.8 Å². The minimum Gasteiger partial charge on any atom is -0.339 e. The van der Waals surface area contributed by atoms with Crippen molar-refractivity contribution in [3.05, 3.63) is 65.2 Å². The second-order valence-corrected chi connectivity index (χ2v) is 9.93. The number of carbonyl (C=O) groups excluding carboxylic acids is 1. The van der Waals surface area contributed by atoms with Crippen LogP contribution in [-0.4, -0.2) is 55.5 Å². The van der Waals surface area contributed by atoms with E-state index in [2.05, 4.69) is 0 Å². The Labute approximate surface area is 171 Å². The highest BCUT2D eigenvalue weighted by molar-refractivity contribution is 7.99. The number of thioether (sulfide) groups is 1. The van der Waals surface area contributed by atoms with Gasteiger partial charge in [0.1, 0.15) is 0 Å². The molecule has 0 bridgehead atoms. The van der Waals surface area contributed by atoms with Gasteiger partial charge >= 0.3 is 0 Å². The van der Waals surface area contributed by atoms with Gasteiger partial charge in [-0.2, -0.15) is 4.31 Å². The van der Waals surface area contributed by atoms with Gasteiger partial charge in [-0.3, -0.25) is 4.79 Å². The average molecular weight is 419 g/mol. The molecule has 1 fully saturated rings. The van der Waals surface area contributed by atoms with E-state index >= 15 is 0 Å². The highest BCUT2D eigenvalue weighted by atomic mass is 32.2. The Bertz CT molecular complexity index is 922. The Balaban J connectivity index is 1.52. The van der Waals surface area contributed by atoms with Crippen molar-refractivity contribution in [1.29, 1.82) is 0 Å². The zero-order chi connectivity index (χ0) is 20.1. The van der Waals surface area contributed by atoms with E-state index in [-0.39, 0.29) is 5.91 Å². The minimum atomic E-state index is -3.51. The quantitative estimate of drug-likeness (QED) is 0.723. The van der Waals surface area contributed by atoms with Gasteiger partial charge in [-0.15, -0.1) is 11.8 Å². The number of nitrogens with zero attached hydrogens (tertiary/aromatic N) is 2. The van der Waals surface area contributed by atoms with E-state index in [1.165, 1.54) is 9.87 Å². The summed E-state index contributed by atoms with van der Waals surface area (Å²) in [4.78, 5) is 14.5. The van der Waals surface area contributed by atoms with Crippen LogP contribution in [0, 0.1) is 13.8 Å². The van der Waals surface area contributed by atoms with Crippen molar-refractivity contribution in [2.24, 2.45) is 0 Å². The molecule has 5 nitrogen and oxygen atoms in total. The molecule has 3 rings (SSSR count). The lowest BCUT2D eigenvalue weighted by Gasteiger charge is -2.34. The molecule has 7 heteroatoms. The van der Waals surface area contributed by atoms with Gasteiger partial charge in [0.25, 0.3) is 0 Å². The highest BCUT2D eigenvalue weighted by Crippen LogP contribution is 2.21. The molecule has 0 aromatic heterocycles. The summed E-state index contributed by atoms with van der Waals surface area (Å²) in [7, 11) is -3.51. The fraction of sp³-hybridized carbons (Fsp3) is 0.381. The highest BCUT2D eigenvalue weighted by Gasteiger charge is 2.30. The maximum atomic E-state index is 12.9. The van der Waals surface area contributed by atoms with Crippen LogP contribution in [0.5, 0.6) is 0 Å². The molecule has 0 radical (unpaired) electrons. The number of benzene rings is 2. The van der Waals surface area contributed by atoms with E-state index in [9.17, 15) is 13.2 Å². The Kier molecular flexibility index (Phi) is 6.80. The first-order valence-electron chi connectivity index (χ1n) is 9.35. The average Bonchev–Trinajstić information content (AvgIpc) is 2.71. The van der Waals surface area contributed by atoms with Gasteiger partial charge in [0.2, 0.25) is 15.9 Å². The van der Waals surface area contributed by atoms with Crippen LogP contribution < -0.4 is 0 Å². The second-order valence-electron chi connectivity index (χ2n) is 7.01. The number of aryl methyl sites for hydroxylation is 2. The zero-order valence-corrected chi connectivity index (χ0v) is 17.9. The summed E-state index contributed by atoms with van der Waals surface area (Å²) in [6, 6.07) is 15.3. The van der Waals surface area contributed by atoms with Crippen LogP contribution in [0.15, 0.2) is 53.4 Å². The van der Waals surface area contributed by atoms with Crippen LogP contribution in [0.3, 0.4) is 0 Å². The van der Waals surface area contributed by atoms with E-state index in [0.717, 1.165) is 16.9 Å². The molecule has 0 aliphatic carbocycles. The number of amides is 1. The summed E-state index contributed by atoms with van der Waals surface area (Å²) in [5, 5.41) is 0. The van der Waals surface area contributed by atoms with Gasteiger partial charge < -0.3 is 4.90 Å². The Morgan fingerprint density at radius 3 is 2.29 bits per heavy atom. The van der Waals surface area contributed by atoms with Crippen LogP contribution >= 0.6 is 11.8 Å². The maximum absolute atomic E-state index is 12.9. The van der Waals surface area contributed by atoms with Gasteiger partial charge in [0, 0.05) is 31.9 Å². The van der Waals surface area contributed by atoms with E-state index in [1.54, 1.807) is 28.8 Å². The Morgan fingerprint density at radius 1 is 0.964 bits per heavy atom. The molecule has 0 N–H and O–H groups in total. The summed E-state index contributed by atoms with van der Waals surface area (Å²) in [5.74, 6) is 1.29. The first-order valence-corrected chi connectivity index (χ1v) is 11.9. The van der Waals surface area contributed by atoms with Crippen molar-refractivity contribution in [2.45, 2.75) is 24.5 Å². The standard InChI is InChI=1S/C21H26N2O3S2/c1-17-8-9-20(14-18(17)2)28(25,26)23-12-10-22(11-13-23)21(24)16-27-15-19-6-4-3-5-7-19/h3-9,14H,10-13,15-16H2,1-2H3. The Hall–Kier alpha value is -1.83. The van der Waals surface area contributed by atoms with Crippen molar-refractivity contribution in [3.8, 4) is 0 Å². The summed E-state index contributed by atoms with van der Waals surface area (Å²) in [6.07, 6.45) is 0. The van der Waals surface area contributed by atoms with Crippen LogP contribution in [0.1, 0.15) is 16.7 Å². The maximum Gasteiger partial charge on any atom is 0.243 e. The van der Waals surface area contributed by atoms with Crippen LogP contribution in [0.2, 0.25) is 0 Å². The number of hydrogen-bond donors (Lipinski definition) is 0. The van der Waals surface area contributed by atoms with Gasteiger partial charge in [-0.05, 0) is 42.7 Å². The smallest absolute Gasteiger partial charge is 0.243 e. The zero-order valence-electron chi connectivity index (χ0n) is 16.3. The predicted molar refractivity (Wildman–Crippen MR) is 114 cm³/mol. The number of carbonyl (C=O) groups is 1. The molecule has 2 aromatic rings. The largest absolute Gasteiger partial charge is 0.339 e. The molecule has 0 spiro atoms. The van der Waals surface area contributed by atoms with Gasteiger partial charge in [0.15, 0.2) is 0 Å². The van der Waals surface area contributed by atoms with Gasteiger partial charge in [-0.25, -0.2) is 8.42 Å². The van der Waals surface area contributed by atoms with Crippen molar-refractivity contribution in [3.63, 3.8) is 0 Å². The lowest BCUT2D eigenvalue weighted by Crippen LogP contribution is -2.51. The van der Waals surface area contributed by atoms with E-state index < -0.39 is 10.0 Å². The molecule has 1 aliphatic rings. The second kappa shape index (κ2) is 9.11. The minimum absolute atomic E-state index is 0.0733. The monoisotopic (exact) mass is 418 g/mol. The van der Waals surface area contributed by atoms with Crippen molar-refractivity contribution in [2.75, 3.05) is 31.9 Å².